The van der Waals surface area contributed by atoms with Crippen LogP contribution < -0.4 is 14.8 Å². The molecular formula is C16H21NO5. The Hall–Kier alpha value is -1.79. The van der Waals surface area contributed by atoms with Gasteiger partial charge in [-0.25, -0.2) is 0 Å². The Morgan fingerprint density at radius 3 is 3.09 bits per heavy atom. The van der Waals surface area contributed by atoms with Crippen LogP contribution in [0.4, 0.5) is 0 Å². The van der Waals surface area contributed by atoms with Gasteiger partial charge >= 0.3 is 0 Å². The van der Waals surface area contributed by atoms with Crippen molar-refractivity contribution in [3.05, 3.63) is 23.8 Å². The first kappa shape index (κ1) is 15.1. The standard InChI is InChI=1S/C16H21NO5/c1-19-15-9-20-7-6-12(15)17-16(18)5-3-11-2-4-13-14(8-11)22-10-21-13/h2,4,8,12,15H,3,5-7,9-10H2,1H3,(H,17,18)/t12-,15-/m1/s1. The Labute approximate surface area is 129 Å². The molecule has 1 saturated heterocycles. The van der Waals surface area contributed by atoms with Gasteiger partial charge in [-0.3, -0.25) is 4.79 Å². The Bertz CT molecular complexity index is 533. The molecule has 1 aromatic carbocycles. The van der Waals surface area contributed by atoms with Crippen LogP contribution in [0.25, 0.3) is 0 Å². The molecule has 0 aromatic heterocycles. The molecule has 0 aliphatic carbocycles. The second-order valence-corrected chi connectivity index (χ2v) is 5.50. The Balaban J connectivity index is 1.49. The van der Waals surface area contributed by atoms with Crippen molar-refractivity contribution in [2.45, 2.75) is 31.4 Å². The van der Waals surface area contributed by atoms with E-state index in [2.05, 4.69) is 5.32 Å². The molecule has 1 N–H and O–H groups in total. The number of benzene rings is 1. The molecule has 0 spiro atoms. The minimum Gasteiger partial charge on any atom is -0.454 e. The number of amides is 1. The molecule has 6 nitrogen and oxygen atoms in total. The zero-order chi connectivity index (χ0) is 15.4. The molecule has 2 atom stereocenters. The van der Waals surface area contributed by atoms with Gasteiger partial charge in [-0.1, -0.05) is 6.07 Å². The number of nitrogens with one attached hydrogen (secondary N) is 1. The Morgan fingerprint density at radius 2 is 2.23 bits per heavy atom. The van der Waals surface area contributed by atoms with E-state index in [0.717, 1.165) is 23.5 Å². The molecule has 22 heavy (non-hydrogen) atoms. The van der Waals surface area contributed by atoms with Gasteiger partial charge in [-0.2, -0.15) is 0 Å². The average Bonchev–Trinajstić information content (AvgIpc) is 3.01. The first-order valence-corrected chi connectivity index (χ1v) is 7.54. The SMILES string of the molecule is CO[C@@H]1COCC[C@H]1NC(=O)CCc1ccc2c(c1)OCO2. The third-order valence-electron chi connectivity index (χ3n) is 4.03. The monoisotopic (exact) mass is 307 g/mol. The Morgan fingerprint density at radius 1 is 1.36 bits per heavy atom. The topological polar surface area (TPSA) is 66.0 Å². The van der Waals surface area contributed by atoms with Gasteiger partial charge in [0.25, 0.3) is 0 Å². The normalized spacial score (nSPS) is 23.3. The van der Waals surface area contributed by atoms with Gasteiger partial charge in [-0.15, -0.1) is 0 Å². The number of aryl methyl sites for hydroxylation is 1. The van der Waals surface area contributed by atoms with E-state index in [1.54, 1.807) is 7.11 Å². The first-order valence-electron chi connectivity index (χ1n) is 7.54. The summed E-state index contributed by atoms with van der Waals surface area (Å²) < 4.78 is 21.3. The third-order valence-corrected chi connectivity index (χ3v) is 4.03. The highest BCUT2D eigenvalue weighted by atomic mass is 16.7. The van der Waals surface area contributed by atoms with Gasteiger partial charge in [0.1, 0.15) is 6.10 Å². The smallest absolute Gasteiger partial charge is 0.231 e. The van der Waals surface area contributed by atoms with Gasteiger partial charge in [0, 0.05) is 20.1 Å². The van der Waals surface area contributed by atoms with E-state index >= 15 is 0 Å². The Kier molecular flexibility index (Phi) is 4.80. The highest BCUT2D eigenvalue weighted by Gasteiger charge is 2.26. The lowest BCUT2D eigenvalue weighted by molar-refractivity contribution is -0.125. The summed E-state index contributed by atoms with van der Waals surface area (Å²) >= 11 is 0. The molecule has 0 saturated carbocycles. The molecular weight excluding hydrogens is 286 g/mol. The van der Waals surface area contributed by atoms with Gasteiger partial charge in [0.15, 0.2) is 11.5 Å². The van der Waals surface area contributed by atoms with Crippen molar-refractivity contribution < 1.29 is 23.7 Å². The second-order valence-electron chi connectivity index (χ2n) is 5.50. The summed E-state index contributed by atoms with van der Waals surface area (Å²) in [6, 6.07) is 5.81. The molecule has 6 heteroatoms. The predicted molar refractivity (Wildman–Crippen MR) is 79.0 cm³/mol. The summed E-state index contributed by atoms with van der Waals surface area (Å²) in [4.78, 5) is 12.1. The molecule has 120 valence electrons. The van der Waals surface area contributed by atoms with E-state index in [4.69, 9.17) is 18.9 Å². The van der Waals surface area contributed by atoms with E-state index in [-0.39, 0.29) is 24.8 Å². The minimum atomic E-state index is -0.0664. The summed E-state index contributed by atoms with van der Waals surface area (Å²) in [7, 11) is 1.64. The maximum Gasteiger partial charge on any atom is 0.231 e. The van der Waals surface area contributed by atoms with Crippen LogP contribution in [0.15, 0.2) is 18.2 Å². The molecule has 0 radical (unpaired) electrons. The van der Waals surface area contributed by atoms with Crippen molar-refractivity contribution in [3.8, 4) is 11.5 Å². The number of carbonyl (C=O) groups excluding carboxylic acids is 1. The lowest BCUT2D eigenvalue weighted by atomic mass is 10.0. The highest BCUT2D eigenvalue weighted by Crippen LogP contribution is 2.32. The van der Waals surface area contributed by atoms with Gasteiger partial charge in [0.2, 0.25) is 12.7 Å². The van der Waals surface area contributed by atoms with Crippen molar-refractivity contribution in [1.82, 2.24) is 5.32 Å². The highest BCUT2D eigenvalue weighted by molar-refractivity contribution is 5.76. The van der Waals surface area contributed by atoms with Crippen LogP contribution in [0.3, 0.4) is 0 Å². The molecule has 2 aliphatic rings. The third kappa shape index (κ3) is 3.51. The van der Waals surface area contributed by atoms with Crippen LogP contribution in [-0.4, -0.2) is 45.2 Å². The fraction of sp³-hybridized carbons (Fsp3) is 0.562. The van der Waals surface area contributed by atoms with Crippen LogP contribution in [0.1, 0.15) is 18.4 Å². The van der Waals surface area contributed by atoms with Crippen LogP contribution >= 0.6 is 0 Å². The number of rotatable bonds is 5. The molecule has 2 heterocycles. The van der Waals surface area contributed by atoms with Crippen molar-refractivity contribution in [1.29, 1.82) is 0 Å². The maximum atomic E-state index is 12.1. The average molecular weight is 307 g/mol. The van der Waals surface area contributed by atoms with Gasteiger partial charge in [0.05, 0.1) is 12.6 Å². The number of fused-ring (bicyclic) bond motifs is 1. The van der Waals surface area contributed by atoms with E-state index in [0.29, 0.717) is 26.1 Å². The van der Waals surface area contributed by atoms with Gasteiger partial charge in [-0.05, 0) is 30.5 Å². The van der Waals surface area contributed by atoms with Gasteiger partial charge < -0.3 is 24.3 Å². The number of hydrogen-bond acceptors (Lipinski definition) is 5. The lowest BCUT2D eigenvalue weighted by Crippen LogP contribution is -2.49. The zero-order valence-corrected chi connectivity index (χ0v) is 12.7. The quantitative estimate of drug-likeness (QED) is 0.887. The summed E-state index contributed by atoms with van der Waals surface area (Å²) in [5.41, 5.74) is 1.06. The number of ether oxygens (including phenoxy) is 4. The fourth-order valence-corrected chi connectivity index (χ4v) is 2.74. The lowest BCUT2D eigenvalue weighted by Gasteiger charge is -2.31. The van der Waals surface area contributed by atoms with Crippen LogP contribution in [0.2, 0.25) is 0 Å². The summed E-state index contributed by atoms with van der Waals surface area (Å²) in [5.74, 6) is 1.55. The summed E-state index contributed by atoms with van der Waals surface area (Å²) in [5, 5.41) is 3.04. The fourth-order valence-electron chi connectivity index (χ4n) is 2.74. The molecule has 1 fully saturated rings. The van der Waals surface area contributed by atoms with Crippen molar-refractivity contribution in [2.24, 2.45) is 0 Å². The molecule has 0 unspecified atom stereocenters. The molecule has 1 aromatic rings. The van der Waals surface area contributed by atoms with Crippen LogP contribution in [-0.2, 0) is 20.7 Å². The molecule has 1 amide bonds. The molecule has 3 rings (SSSR count). The van der Waals surface area contributed by atoms with E-state index in [1.165, 1.54) is 0 Å². The second kappa shape index (κ2) is 6.98. The zero-order valence-electron chi connectivity index (χ0n) is 12.7. The minimum absolute atomic E-state index is 0.0306. The summed E-state index contributed by atoms with van der Waals surface area (Å²) in [6.45, 7) is 1.46. The van der Waals surface area contributed by atoms with Crippen LogP contribution in [0, 0.1) is 0 Å². The number of methoxy groups -OCH3 is 1. The van der Waals surface area contributed by atoms with E-state index in [9.17, 15) is 4.79 Å². The van der Waals surface area contributed by atoms with Crippen molar-refractivity contribution >= 4 is 5.91 Å². The molecule has 2 aliphatic heterocycles. The van der Waals surface area contributed by atoms with Crippen LogP contribution in [0.5, 0.6) is 11.5 Å². The predicted octanol–water partition coefficient (Wildman–Crippen LogP) is 1.27. The molecule has 0 bridgehead atoms. The largest absolute Gasteiger partial charge is 0.454 e. The first-order chi connectivity index (χ1) is 10.8. The van der Waals surface area contributed by atoms with Crippen molar-refractivity contribution in [3.63, 3.8) is 0 Å². The van der Waals surface area contributed by atoms with Crippen molar-refractivity contribution in [2.75, 3.05) is 27.1 Å². The number of carbonyl (C=O) groups is 1. The van der Waals surface area contributed by atoms with E-state index < -0.39 is 0 Å². The summed E-state index contributed by atoms with van der Waals surface area (Å²) in [6.07, 6.45) is 1.83. The maximum absolute atomic E-state index is 12.1. The van der Waals surface area contributed by atoms with E-state index in [1.807, 2.05) is 18.2 Å². The number of hydrogen-bond donors (Lipinski definition) is 1.